The van der Waals surface area contributed by atoms with Crippen molar-refractivity contribution in [3.05, 3.63) is 17.5 Å². The van der Waals surface area contributed by atoms with Crippen molar-refractivity contribution in [1.82, 2.24) is 15.1 Å². The monoisotopic (exact) mass is 305 g/mol. The highest BCUT2D eigenvalue weighted by atomic mass is 16.5. The average Bonchev–Trinajstić information content (AvgIpc) is 3.00. The van der Waals surface area contributed by atoms with E-state index in [1.54, 1.807) is 0 Å². The van der Waals surface area contributed by atoms with E-state index in [0.717, 1.165) is 56.8 Å². The summed E-state index contributed by atoms with van der Waals surface area (Å²) in [7, 11) is 0. The molecule has 1 aromatic rings. The molecule has 0 aromatic carbocycles. The first-order valence-corrected chi connectivity index (χ1v) is 8.63. The van der Waals surface area contributed by atoms with Crippen molar-refractivity contribution in [2.24, 2.45) is 0 Å². The highest BCUT2D eigenvalue weighted by Crippen LogP contribution is 2.27. The van der Waals surface area contributed by atoms with Gasteiger partial charge in [0.2, 0.25) is 5.91 Å². The van der Waals surface area contributed by atoms with Crippen LogP contribution < -0.4 is 0 Å². The van der Waals surface area contributed by atoms with Gasteiger partial charge in [0.15, 0.2) is 0 Å². The smallest absolute Gasteiger partial charge is 0.222 e. The Labute approximate surface area is 132 Å². The number of carbonyl (C=O) groups is 1. The number of carbonyl (C=O) groups excluding carboxylic acids is 1. The summed E-state index contributed by atoms with van der Waals surface area (Å²) in [4.78, 5) is 14.5. The SMILES string of the molecule is Cc1cc([C@H]2CCCN(C(=O)CC[C@H]3CCCCO3)C2)n[nH]1. The molecular weight excluding hydrogens is 278 g/mol. The Balaban J connectivity index is 1.49. The predicted molar refractivity (Wildman–Crippen MR) is 84.7 cm³/mol. The fourth-order valence-electron chi connectivity index (χ4n) is 3.57. The van der Waals surface area contributed by atoms with Gasteiger partial charge in [0.05, 0.1) is 11.8 Å². The zero-order valence-corrected chi connectivity index (χ0v) is 13.5. The Hall–Kier alpha value is -1.36. The van der Waals surface area contributed by atoms with E-state index < -0.39 is 0 Å². The standard InChI is InChI=1S/C17H27N3O2/c1-13-11-16(19-18-13)14-5-4-9-20(12-14)17(21)8-7-15-6-2-3-10-22-15/h11,14-15H,2-10,12H2,1H3,(H,18,19)/t14-,15+/m0/s1. The number of H-pyrrole nitrogens is 1. The van der Waals surface area contributed by atoms with E-state index in [1.807, 2.05) is 11.8 Å². The molecule has 122 valence electrons. The molecule has 0 spiro atoms. The summed E-state index contributed by atoms with van der Waals surface area (Å²) in [6.07, 6.45) is 7.51. The van der Waals surface area contributed by atoms with Crippen molar-refractivity contribution in [3.8, 4) is 0 Å². The molecule has 0 unspecified atom stereocenters. The molecule has 0 saturated carbocycles. The highest BCUT2D eigenvalue weighted by molar-refractivity contribution is 5.76. The Bertz CT molecular complexity index is 494. The van der Waals surface area contributed by atoms with Crippen LogP contribution in [0.25, 0.3) is 0 Å². The second-order valence-electron chi connectivity index (χ2n) is 6.68. The van der Waals surface area contributed by atoms with Gasteiger partial charge in [0.25, 0.3) is 0 Å². The first-order chi connectivity index (χ1) is 10.7. The highest BCUT2D eigenvalue weighted by Gasteiger charge is 2.26. The van der Waals surface area contributed by atoms with E-state index in [1.165, 1.54) is 12.8 Å². The number of aryl methyl sites for hydroxylation is 1. The van der Waals surface area contributed by atoms with Gasteiger partial charge >= 0.3 is 0 Å². The first kappa shape index (κ1) is 15.5. The maximum absolute atomic E-state index is 12.5. The molecule has 3 rings (SSSR count). The maximum atomic E-state index is 12.5. The second kappa shape index (κ2) is 7.27. The van der Waals surface area contributed by atoms with Crippen LogP contribution in [-0.4, -0.2) is 46.8 Å². The number of nitrogens with one attached hydrogen (secondary N) is 1. The van der Waals surface area contributed by atoms with Gasteiger partial charge in [0.1, 0.15) is 0 Å². The molecule has 0 aliphatic carbocycles. The Morgan fingerprint density at radius 1 is 1.41 bits per heavy atom. The summed E-state index contributed by atoms with van der Waals surface area (Å²) in [5, 5.41) is 7.38. The molecule has 1 aromatic heterocycles. The third-order valence-corrected chi connectivity index (χ3v) is 4.87. The minimum absolute atomic E-state index is 0.283. The molecule has 2 saturated heterocycles. The van der Waals surface area contributed by atoms with Crippen LogP contribution in [-0.2, 0) is 9.53 Å². The van der Waals surface area contributed by atoms with Crippen molar-refractivity contribution in [1.29, 1.82) is 0 Å². The lowest BCUT2D eigenvalue weighted by atomic mass is 9.94. The van der Waals surface area contributed by atoms with Gasteiger partial charge in [-0.1, -0.05) is 0 Å². The summed E-state index contributed by atoms with van der Waals surface area (Å²) < 4.78 is 5.72. The predicted octanol–water partition coefficient (Wildman–Crippen LogP) is 2.77. The minimum atomic E-state index is 0.283. The van der Waals surface area contributed by atoms with Gasteiger partial charge in [-0.2, -0.15) is 5.10 Å². The van der Waals surface area contributed by atoms with Crippen LogP contribution >= 0.6 is 0 Å². The van der Waals surface area contributed by atoms with Crippen LogP contribution in [0.2, 0.25) is 0 Å². The number of amides is 1. The van der Waals surface area contributed by atoms with Crippen molar-refractivity contribution in [2.75, 3.05) is 19.7 Å². The molecule has 2 aliphatic rings. The molecule has 5 nitrogen and oxygen atoms in total. The van der Waals surface area contributed by atoms with E-state index in [2.05, 4.69) is 16.3 Å². The Kier molecular flexibility index (Phi) is 5.13. The van der Waals surface area contributed by atoms with Gasteiger partial charge in [-0.15, -0.1) is 0 Å². The lowest BCUT2D eigenvalue weighted by Crippen LogP contribution is -2.39. The number of piperidine rings is 1. The van der Waals surface area contributed by atoms with Crippen molar-refractivity contribution in [3.63, 3.8) is 0 Å². The zero-order chi connectivity index (χ0) is 15.4. The number of aromatic amines is 1. The molecule has 1 N–H and O–H groups in total. The molecule has 22 heavy (non-hydrogen) atoms. The molecule has 0 radical (unpaired) electrons. The average molecular weight is 305 g/mol. The van der Waals surface area contributed by atoms with E-state index >= 15 is 0 Å². The summed E-state index contributed by atoms with van der Waals surface area (Å²) in [6.45, 7) is 4.59. The molecule has 2 fully saturated rings. The summed E-state index contributed by atoms with van der Waals surface area (Å²) in [5.41, 5.74) is 2.19. The molecule has 1 amide bonds. The number of ether oxygens (including phenoxy) is 1. The van der Waals surface area contributed by atoms with Gasteiger partial charge in [-0.25, -0.2) is 0 Å². The fraction of sp³-hybridized carbons (Fsp3) is 0.765. The largest absolute Gasteiger partial charge is 0.378 e. The van der Waals surface area contributed by atoms with E-state index in [9.17, 15) is 4.79 Å². The number of hydrogen-bond acceptors (Lipinski definition) is 3. The Morgan fingerprint density at radius 2 is 2.32 bits per heavy atom. The van der Waals surface area contributed by atoms with Crippen LogP contribution in [0.15, 0.2) is 6.07 Å². The molecule has 5 heteroatoms. The Morgan fingerprint density at radius 3 is 3.05 bits per heavy atom. The van der Waals surface area contributed by atoms with Gasteiger partial charge in [-0.05, 0) is 51.5 Å². The number of likely N-dealkylation sites (tertiary alicyclic amines) is 1. The van der Waals surface area contributed by atoms with Crippen molar-refractivity contribution >= 4 is 5.91 Å². The number of hydrogen-bond donors (Lipinski definition) is 1. The van der Waals surface area contributed by atoms with Gasteiger partial charge in [-0.3, -0.25) is 9.89 Å². The van der Waals surface area contributed by atoms with E-state index in [0.29, 0.717) is 18.4 Å². The van der Waals surface area contributed by atoms with Crippen LogP contribution in [0.3, 0.4) is 0 Å². The minimum Gasteiger partial charge on any atom is -0.378 e. The fourth-order valence-corrected chi connectivity index (χ4v) is 3.57. The zero-order valence-electron chi connectivity index (χ0n) is 13.5. The molecule has 3 heterocycles. The first-order valence-electron chi connectivity index (χ1n) is 8.63. The van der Waals surface area contributed by atoms with Crippen molar-refractivity contribution < 1.29 is 9.53 Å². The van der Waals surface area contributed by atoms with Crippen LogP contribution in [0.5, 0.6) is 0 Å². The molecule has 0 bridgehead atoms. The molecular formula is C17H27N3O2. The second-order valence-corrected chi connectivity index (χ2v) is 6.68. The third-order valence-electron chi connectivity index (χ3n) is 4.87. The third kappa shape index (κ3) is 3.88. The van der Waals surface area contributed by atoms with Gasteiger partial charge in [0, 0.05) is 37.7 Å². The normalized spacial score (nSPS) is 26.1. The van der Waals surface area contributed by atoms with E-state index in [-0.39, 0.29) is 5.91 Å². The van der Waals surface area contributed by atoms with Crippen molar-refractivity contribution in [2.45, 2.75) is 63.9 Å². The maximum Gasteiger partial charge on any atom is 0.222 e. The van der Waals surface area contributed by atoms with Crippen LogP contribution in [0.1, 0.15) is 62.3 Å². The van der Waals surface area contributed by atoms with Gasteiger partial charge < -0.3 is 9.64 Å². The summed E-state index contributed by atoms with van der Waals surface area (Å²) >= 11 is 0. The summed E-state index contributed by atoms with van der Waals surface area (Å²) in [6, 6.07) is 2.11. The number of aromatic nitrogens is 2. The van der Waals surface area contributed by atoms with Crippen LogP contribution in [0, 0.1) is 6.92 Å². The number of nitrogens with zero attached hydrogens (tertiary/aromatic N) is 2. The lowest BCUT2D eigenvalue weighted by Gasteiger charge is -2.32. The molecule has 2 aliphatic heterocycles. The summed E-state index contributed by atoms with van der Waals surface area (Å²) in [5.74, 6) is 0.666. The quantitative estimate of drug-likeness (QED) is 0.930. The lowest BCUT2D eigenvalue weighted by molar-refractivity contribution is -0.133. The number of rotatable bonds is 4. The van der Waals surface area contributed by atoms with E-state index in [4.69, 9.17) is 4.74 Å². The molecule has 2 atom stereocenters. The topological polar surface area (TPSA) is 58.2 Å². The van der Waals surface area contributed by atoms with Crippen LogP contribution in [0.4, 0.5) is 0 Å².